The van der Waals surface area contributed by atoms with Crippen LogP contribution in [0.2, 0.25) is 0 Å². The van der Waals surface area contributed by atoms with Gasteiger partial charge in [-0.25, -0.2) is 0 Å². The number of thioether (sulfide) groups is 1. The molecule has 0 aromatic rings. The van der Waals surface area contributed by atoms with Crippen LogP contribution in [-0.2, 0) is 4.79 Å². The lowest BCUT2D eigenvalue weighted by Crippen LogP contribution is -2.45. The van der Waals surface area contributed by atoms with E-state index in [0.29, 0.717) is 0 Å². The van der Waals surface area contributed by atoms with Gasteiger partial charge in [-0.1, -0.05) is 19.3 Å². The molecule has 0 radical (unpaired) electrons. The number of carboxylic acids is 1. The summed E-state index contributed by atoms with van der Waals surface area (Å²) in [5.41, 5.74) is 0. The lowest BCUT2D eigenvalue weighted by Gasteiger charge is -2.33. The maximum absolute atomic E-state index is 10.9. The average molecular weight is 243 g/mol. The first-order valence-electron chi connectivity index (χ1n) is 6.13. The van der Waals surface area contributed by atoms with E-state index in [9.17, 15) is 4.79 Å². The fraction of sp³-hybridized carbons (Fsp3) is 0.917. The molecule has 1 aliphatic heterocycles. The summed E-state index contributed by atoms with van der Waals surface area (Å²) < 4.78 is 0.0374. The molecule has 1 unspecified atom stereocenters. The molecule has 4 heteroatoms. The number of carboxylic acid groups (broad SMARTS) is 1. The highest BCUT2D eigenvalue weighted by Crippen LogP contribution is 2.51. The van der Waals surface area contributed by atoms with E-state index in [1.54, 1.807) is 0 Å². The normalized spacial score (nSPS) is 31.8. The molecule has 0 aromatic carbocycles. The molecule has 0 amide bonds. The van der Waals surface area contributed by atoms with Crippen LogP contribution in [0.15, 0.2) is 0 Å². The first-order chi connectivity index (χ1) is 7.44. The van der Waals surface area contributed by atoms with E-state index in [4.69, 9.17) is 5.11 Å². The third-order valence-corrected chi connectivity index (χ3v) is 5.50. The Labute approximate surface area is 101 Å². The van der Waals surface area contributed by atoms with Gasteiger partial charge in [-0.15, -0.1) is 11.8 Å². The van der Waals surface area contributed by atoms with Gasteiger partial charge in [0, 0.05) is 10.8 Å². The minimum atomic E-state index is -0.695. The van der Waals surface area contributed by atoms with E-state index in [0.717, 1.165) is 0 Å². The van der Waals surface area contributed by atoms with Gasteiger partial charge in [0.15, 0.2) is 0 Å². The number of hydrogen-bond donors (Lipinski definition) is 2. The zero-order valence-corrected chi connectivity index (χ0v) is 10.9. The van der Waals surface area contributed by atoms with Gasteiger partial charge in [-0.3, -0.25) is 10.1 Å². The van der Waals surface area contributed by atoms with Crippen LogP contribution in [0.5, 0.6) is 0 Å². The van der Waals surface area contributed by atoms with E-state index in [1.807, 2.05) is 11.8 Å². The van der Waals surface area contributed by atoms with E-state index < -0.39 is 5.97 Å². The molecule has 1 saturated carbocycles. The number of rotatable bonds is 2. The maximum atomic E-state index is 10.9. The third-order valence-electron chi connectivity index (χ3n) is 3.77. The second-order valence-corrected chi connectivity index (χ2v) is 7.59. The zero-order chi connectivity index (χ0) is 11.8. The first-order valence-corrected chi connectivity index (χ1v) is 6.95. The molecule has 1 saturated heterocycles. The van der Waals surface area contributed by atoms with Crippen LogP contribution in [0.1, 0.15) is 52.4 Å². The van der Waals surface area contributed by atoms with Crippen LogP contribution in [0.25, 0.3) is 0 Å². The summed E-state index contributed by atoms with van der Waals surface area (Å²) in [6, 6.07) is 0.105. The van der Waals surface area contributed by atoms with Gasteiger partial charge in [0.2, 0.25) is 0 Å². The van der Waals surface area contributed by atoms with E-state index in [2.05, 4.69) is 19.2 Å². The Kier molecular flexibility index (Phi) is 3.23. The smallest absolute Gasteiger partial charge is 0.304 e. The molecule has 0 bridgehead atoms. The van der Waals surface area contributed by atoms with Gasteiger partial charge in [0.05, 0.1) is 11.3 Å². The molecule has 2 rings (SSSR count). The molecule has 1 heterocycles. The maximum Gasteiger partial charge on any atom is 0.304 e. The number of hydrogen-bond acceptors (Lipinski definition) is 3. The van der Waals surface area contributed by atoms with Crippen molar-refractivity contribution in [2.24, 2.45) is 0 Å². The van der Waals surface area contributed by atoms with Crippen molar-refractivity contribution in [2.75, 3.05) is 0 Å². The van der Waals surface area contributed by atoms with Crippen LogP contribution < -0.4 is 5.32 Å². The standard InChI is InChI=1S/C12H21NO2S/c1-11(2)9(8-10(14)15)13-12(16-11)6-4-3-5-7-12/h9,13H,3-8H2,1-2H3,(H,14,15). The van der Waals surface area contributed by atoms with Crippen molar-refractivity contribution in [3.05, 3.63) is 0 Å². The average Bonchev–Trinajstić information content (AvgIpc) is 2.37. The van der Waals surface area contributed by atoms with Gasteiger partial charge in [-0.05, 0) is 26.7 Å². The lowest BCUT2D eigenvalue weighted by molar-refractivity contribution is -0.137. The highest BCUT2D eigenvalue weighted by Gasteiger charge is 2.50. The summed E-state index contributed by atoms with van der Waals surface area (Å²) in [6.07, 6.45) is 6.50. The Morgan fingerprint density at radius 3 is 2.56 bits per heavy atom. The van der Waals surface area contributed by atoms with Crippen LogP contribution in [0, 0.1) is 0 Å². The van der Waals surface area contributed by atoms with Crippen LogP contribution in [-0.4, -0.2) is 26.7 Å². The topological polar surface area (TPSA) is 49.3 Å². The third kappa shape index (κ3) is 2.38. The fourth-order valence-electron chi connectivity index (χ4n) is 2.94. The molecule has 1 spiro atoms. The van der Waals surface area contributed by atoms with Crippen molar-refractivity contribution < 1.29 is 9.90 Å². The number of aliphatic carboxylic acids is 1. The van der Waals surface area contributed by atoms with Crippen LogP contribution >= 0.6 is 11.8 Å². The minimum Gasteiger partial charge on any atom is -0.481 e. The Morgan fingerprint density at radius 2 is 2.00 bits per heavy atom. The van der Waals surface area contributed by atoms with Crippen molar-refractivity contribution >= 4 is 17.7 Å². The summed E-state index contributed by atoms with van der Waals surface area (Å²) in [5.74, 6) is -0.695. The molecule has 1 aliphatic carbocycles. The summed E-state index contributed by atoms with van der Waals surface area (Å²) in [4.78, 5) is 11.0. The van der Waals surface area contributed by atoms with Crippen molar-refractivity contribution in [2.45, 2.75) is 68.0 Å². The number of nitrogens with one attached hydrogen (secondary N) is 1. The number of carbonyl (C=O) groups is 1. The van der Waals surface area contributed by atoms with Crippen molar-refractivity contribution in [1.82, 2.24) is 5.32 Å². The molecule has 2 fully saturated rings. The molecule has 2 N–H and O–H groups in total. The molecule has 3 nitrogen and oxygen atoms in total. The predicted molar refractivity (Wildman–Crippen MR) is 66.7 cm³/mol. The summed E-state index contributed by atoms with van der Waals surface area (Å²) in [6.45, 7) is 4.34. The highest BCUT2D eigenvalue weighted by molar-refractivity contribution is 8.02. The second kappa shape index (κ2) is 4.22. The molecular formula is C12H21NO2S. The Morgan fingerprint density at radius 1 is 1.38 bits per heavy atom. The van der Waals surface area contributed by atoms with Gasteiger partial charge in [0.1, 0.15) is 0 Å². The van der Waals surface area contributed by atoms with E-state index in [-0.39, 0.29) is 22.1 Å². The quantitative estimate of drug-likeness (QED) is 0.782. The fourth-order valence-corrected chi connectivity index (χ4v) is 4.92. The van der Waals surface area contributed by atoms with Crippen LogP contribution in [0.3, 0.4) is 0 Å². The van der Waals surface area contributed by atoms with Gasteiger partial charge in [-0.2, -0.15) is 0 Å². The Hall–Kier alpha value is -0.220. The summed E-state index contributed by atoms with van der Waals surface area (Å²) in [5, 5.41) is 12.6. The van der Waals surface area contributed by atoms with Gasteiger partial charge >= 0.3 is 5.97 Å². The van der Waals surface area contributed by atoms with Crippen molar-refractivity contribution in [3.63, 3.8) is 0 Å². The summed E-state index contributed by atoms with van der Waals surface area (Å²) in [7, 11) is 0. The minimum absolute atomic E-state index is 0.0374. The Balaban J connectivity index is 2.08. The highest BCUT2D eigenvalue weighted by atomic mass is 32.2. The largest absolute Gasteiger partial charge is 0.481 e. The molecule has 2 aliphatic rings. The van der Waals surface area contributed by atoms with Crippen molar-refractivity contribution in [3.8, 4) is 0 Å². The molecule has 0 aromatic heterocycles. The SMILES string of the molecule is CC1(C)SC2(CCCCC2)NC1CC(=O)O. The first kappa shape index (κ1) is 12.2. The molecular weight excluding hydrogens is 222 g/mol. The van der Waals surface area contributed by atoms with Crippen molar-refractivity contribution in [1.29, 1.82) is 0 Å². The van der Waals surface area contributed by atoms with Gasteiger partial charge in [0.25, 0.3) is 0 Å². The van der Waals surface area contributed by atoms with Gasteiger partial charge < -0.3 is 5.11 Å². The lowest BCUT2D eigenvalue weighted by atomic mass is 9.92. The second-order valence-electron chi connectivity index (χ2n) is 5.56. The van der Waals surface area contributed by atoms with Crippen LogP contribution in [0.4, 0.5) is 0 Å². The molecule has 92 valence electrons. The van der Waals surface area contributed by atoms with E-state index >= 15 is 0 Å². The predicted octanol–water partition coefficient (Wildman–Crippen LogP) is 2.61. The molecule has 1 atom stereocenters. The summed E-state index contributed by atoms with van der Waals surface area (Å²) >= 11 is 1.97. The zero-order valence-electron chi connectivity index (χ0n) is 10.1. The van der Waals surface area contributed by atoms with E-state index in [1.165, 1.54) is 32.1 Å². The molecule has 16 heavy (non-hydrogen) atoms. The Bertz CT molecular complexity index is 285. The monoisotopic (exact) mass is 243 g/mol.